The fourth-order valence-electron chi connectivity index (χ4n) is 3.62. The van der Waals surface area contributed by atoms with Crippen molar-refractivity contribution in [2.24, 2.45) is 5.41 Å². The van der Waals surface area contributed by atoms with E-state index in [-0.39, 0.29) is 17.8 Å². The highest BCUT2D eigenvalue weighted by molar-refractivity contribution is 5.96. The second kappa shape index (κ2) is 7.91. The van der Waals surface area contributed by atoms with Crippen molar-refractivity contribution in [1.29, 1.82) is 0 Å². The van der Waals surface area contributed by atoms with Crippen LogP contribution in [0, 0.1) is 15.5 Å². The third-order valence-electron chi connectivity index (χ3n) is 5.37. The van der Waals surface area contributed by atoms with Crippen molar-refractivity contribution in [3.8, 4) is 0 Å². The smallest absolute Gasteiger partial charge is 0.311 e. The van der Waals surface area contributed by atoms with Crippen LogP contribution < -0.4 is 10.2 Å². The first-order chi connectivity index (χ1) is 12.9. The molecule has 0 aromatic heterocycles. The second-order valence-electron chi connectivity index (χ2n) is 7.04. The summed E-state index contributed by atoms with van der Waals surface area (Å²) in [6.45, 7) is 2.15. The van der Waals surface area contributed by atoms with E-state index < -0.39 is 22.2 Å². The number of nitro groups is 1. The number of carbonyl (C=O) groups is 2. The van der Waals surface area contributed by atoms with Gasteiger partial charge in [-0.3, -0.25) is 19.7 Å². The lowest BCUT2D eigenvalue weighted by atomic mass is 9.80. The maximum absolute atomic E-state index is 12.5. The maximum atomic E-state index is 12.5. The van der Waals surface area contributed by atoms with Crippen LogP contribution in [0.4, 0.5) is 11.4 Å². The Balaban J connectivity index is 1.75. The maximum Gasteiger partial charge on any atom is 0.311 e. The first-order valence-electron chi connectivity index (χ1n) is 9.06. The summed E-state index contributed by atoms with van der Waals surface area (Å²) in [4.78, 5) is 37.1. The predicted octanol–water partition coefficient (Wildman–Crippen LogP) is 1.81. The minimum Gasteiger partial charge on any atom is -0.481 e. The van der Waals surface area contributed by atoms with Gasteiger partial charge in [0.15, 0.2) is 0 Å². The Kier molecular flexibility index (Phi) is 5.59. The molecular weight excluding hydrogens is 354 g/mol. The molecule has 2 aliphatic rings. The van der Waals surface area contributed by atoms with Crippen LogP contribution >= 0.6 is 0 Å². The number of anilines is 1. The van der Waals surface area contributed by atoms with Crippen molar-refractivity contribution < 1.29 is 24.4 Å². The number of benzene rings is 1. The highest BCUT2D eigenvalue weighted by atomic mass is 16.6. The highest BCUT2D eigenvalue weighted by Gasteiger charge is 2.40. The number of carboxylic acids is 1. The van der Waals surface area contributed by atoms with Crippen molar-refractivity contribution in [2.45, 2.75) is 25.7 Å². The Labute approximate surface area is 156 Å². The number of carbonyl (C=O) groups excluding carboxylic acids is 1. The zero-order valence-electron chi connectivity index (χ0n) is 15.0. The molecule has 1 aromatic rings. The Hall–Kier alpha value is -2.68. The molecule has 0 atom stereocenters. The first-order valence-corrected chi connectivity index (χ1v) is 9.06. The topological polar surface area (TPSA) is 122 Å². The molecule has 27 heavy (non-hydrogen) atoms. The van der Waals surface area contributed by atoms with Gasteiger partial charge in [-0.15, -0.1) is 0 Å². The van der Waals surface area contributed by atoms with E-state index in [0.29, 0.717) is 31.7 Å². The molecule has 9 heteroatoms. The zero-order chi connectivity index (χ0) is 19.4. The van der Waals surface area contributed by atoms with Crippen molar-refractivity contribution in [3.63, 3.8) is 0 Å². The van der Waals surface area contributed by atoms with Gasteiger partial charge in [0, 0.05) is 44.5 Å². The normalized spacial score (nSPS) is 18.9. The summed E-state index contributed by atoms with van der Waals surface area (Å²) < 4.78 is 5.21. The molecule has 0 spiro atoms. The number of aliphatic carboxylic acids is 1. The second-order valence-corrected chi connectivity index (χ2v) is 7.04. The average Bonchev–Trinajstić information content (AvgIpc) is 3.20. The van der Waals surface area contributed by atoms with Crippen LogP contribution in [0.2, 0.25) is 0 Å². The van der Waals surface area contributed by atoms with Crippen LogP contribution in [0.3, 0.4) is 0 Å². The Morgan fingerprint density at radius 2 is 1.93 bits per heavy atom. The standard InChI is InChI=1S/C18H23N3O6/c22-16(19-12-18(17(23)24)5-9-27-10-6-18)13-3-4-14(15(11-13)21(25)26)20-7-1-2-8-20/h3-4,11H,1-2,5-10,12H2,(H,19,22)(H,23,24). The van der Waals surface area contributed by atoms with E-state index in [0.717, 1.165) is 25.9 Å². The molecule has 2 aliphatic heterocycles. The minimum absolute atomic E-state index is 0.0355. The van der Waals surface area contributed by atoms with Crippen molar-refractivity contribution in [2.75, 3.05) is 37.7 Å². The molecule has 2 N–H and O–H groups in total. The molecule has 0 unspecified atom stereocenters. The Morgan fingerprint density at radius 1 is 1.26 bits per heavy atom. The fourth-order valence-corrected chi connectivity index (χ4v) is 3.62. The number of nitro benzene ring substituents is 1. The van der Waals surface area contributed by atoms with E-state index in [1.807, 2.05) is 4.90 Å². The zero-order valence-corrected chi connectivity index (χ0v) is 15.0. The third-order valence-corrected chi connectivity index (χ3v) is 5.37. The molecule has 0 bridgehead atoms. The van der Waals surface area contributed by atoms with Gasteiger partial charge in [0.2, 0.25) is 0 Å². The van der Waals surface area contributed by atoms with Crippen molar-refractivity contribution >= 4 is 23.3 Å². The summed E-state index contributed by atoms with van der Waals surface area (Å²) in [7, 11) is 0. The summed E-state index contributed by atoms with van der Waals surface area (Å²) in [5, 5.41) is 23.6. The van der Waals surface area contributed by atoms with Gasteiger partial charge >= 0.3 is 5.97 Å². The molecular formula is C18H23N3O6. The largest absolute Gasteiger partial charge is 0.481 e. The number of nitrogens with zero attached hydrogens (tertiary/aromatic N) is 2. The highest BCUT2D eigenvalue weighted by Crippen LogP contribution is 2.32. The predicted molar refractivity (Wildman–Crippen MR) is 97.0 cm³/mol. The number of ether oxygens (including phenoxy) is 1. The lowest BCUT2D eigenvalue weighted by Gasteiger charge is -2.33. The molecule has 1 aromatic carbocycles. The molecule has 0 radical (unpaired) electrons. The molecule has 9 nitrogen and oxygen atoms in total. The van der Waals surface area contributed by atoms with E-state index in [4.69, 9.17) is 4.74 Å². The first kappa shape index (κ1) is 19.1. The molecule has 2 heterocycles. The van der Waals surface area contributed by atoms with Gasteiger partial charge in [0.1, 0.15) is 5.69 Å². The quantitative estimate of drug-likeness (QED) is 0.572. The van der Waals surface area contributed by atoms with Gasteiger partial charge in [0.05, 0.1) is 10.3 Å². The fraction of sp³-hybridized carbons (Fsp3) is 0.556. The van der Waals surface area contributed by atoms with Crippen LogP contribution in [0.15, 0.2) is 18.2 Å². The van der Waals surface area contributed by atoms with E-state index in [1.165, 1.54) is 6.07 Å². The van der Waals surface area contributed by atoms with E-state index in [9.17, 15) is 24.8 Å². The van der Waals surface area contributed by atoms with Gasteiger partial charge < -0.3 is 20.1 Å². The Morgan fingerprint density at radius 3 is 2.52 bits per heavy atom. The van der Waals surface area contributed by atoms with Crippen molar-refractivity contribution in [3.05, 3.63) is 33.9 Å². The molecule has 0 saturated carbocycles. The number of nitrogens with one attached hydrogen (secondary N) is 1. The molecule has 2 fully saturated rings. The molecule has 146 valence electrons. The van der Waals surface area contributed by atoms with Crippen molar-refractivity contribution in [1.82, 2.24) is 5.32 Å². The summed E-state index contributed by atoms with van der Waals surface area (Å²) in [6, 6.07) is 4.41. The van der Waals surface area contributed by atoms with Crippen LogP contribution in [0.1, 0.15) is 36.0 Å². The summed E-state index contributed by atoms with van der Waals surface area (Å²) in [6.07, 6.45) is 2.61. The van der Waals surface area contributed by atoms with E-state index in [1.54, 1.807) is 12.1 Å². The lowest BCUT2D eigenvalue weighted by Crippen LogP contribution is -2.46. The summed E-state index contributed by atoms with van der Waals surface area (Å²) in [5.74, 6) is -1.49. The van der Waals surface area contributed by atoms with Crippen LogP contribution in [0.25, 0.3) is 0 Å². The van der Waals surface area contributed by atoms with Gasteiger partial charge in [0.25, 0.3) is 11.6 Å². The number of rotatable bonds is 6. The summed E-state index contributed by atoms with van der Waals surface area (Å²) in [5.41, 5.74) is -0.503. The number of hydrogen-bond acceptors (Lipinski definition) is 6. The number of carboxylic acid groups (broad SMARTS) is 1. The van der Waals surface area contributed by atoms with Gasteiger partial charge in [-0.2, -0.15) is 0 Å². The lowest BCUT2D eigenvalue weighted by molar-refractivity contribution is -0.384. The van der Waals surface area contributed by atoms with Crippen LogP contribution in [-0.4, -0.2) is 54.8 Å². The SMILES string of the molecule is O=C(NCC1(C(=O)O)CCOCC1)c1ccc(N2CCCC2)c([N+](=O)[O-])c1. The third kappa shape index (κ3) is 4.02. The number of amides is 1. The van der Waals surface area contributed by atoms with Crippen LogP contribution in [-0.2, 0) is 9.53 Å². The monoisotopic (exact) mass is 377 g/mol. The van der Waals surface area contributed by atoms with Gasteiger partial charge in [-0.05, 0) is 37.8 Å². The summed E-state index contributed by atoms with van der Waals surface area (Å²) >= 11 is 0. The molecule has 0 aliphatic carbocycles. The number of hydrogen-bond donors (Lipinski definition) is 2. The minimum atomic E-state index is -1.06. The Bertz CT molecular complexity index is 739. The molecule has 2 saturated heterocycles. The van der Waals surface area contributed by atoms with Gasteiger partial charge in [-0.25, -0.2) is 0 Å². The average molecular weight is 377 g/mol. The van der Waals surface area contributed by atoms with Crippen LogP contribution in [0.5, 0.6) is 0 Å². The molecule has 3 rings (SSSR count). The van der Waals surface area contributed by atoms with E-state index in [2.05, 4.69) is 5.32 Å². The van der Waals surface area contributed by atoms with Gasteiger partial charge in [-0.1, -0.05) is 0 Å². The van der Waals surface area contributed by atoms with E-state index >= 15 is 0 Å². The molecule has 1 amide bonds.